The van der Waals surface area contributed by atoms with Crippen molar-refractivity contribution in [2.24, 2.45) is 5.73 Å². The van der Waals surface area contributed by atoms with Crippen LogP contribution in [0.15, 0.2) is 18.2 Å². The number of anilines is 1. The number of hydrogen-bond donors (Lipinski definition) is 2. The molecule has 0 unspecified atom stereocenters. The van der Waals surface area contributed by atoms with Gasteiger partial charge in [-0.05, 0) is 31.0 Å². The van der Waals surface area contributed by atoms with Gasteiger partial charge in [0.1, 0.15) is 0 Å². The van der Waals surface area contributed by atoms with Crippen LogP contribution in [0.3, 0.4) is 0 Å². The zero-order chi connectivity index (χ0) is 12.1. The molecule has 1 aromatic carbocycles. The lowest BCUT2D eigenvalue weighted by Gasteiger charge is -2.11. The molecule has 1 amide bonds. The summed E-state index contributed by atoms with van der Waals surface area (Å²) in [6, 6.07) is 4.96. The van der Waals surface area contributed by atoms with Crippen molar-refractivity contribution in [2.45, 2.75) is 32.7 Å². The molecule has 0 aromatic heterocycles. The molecule has 4 heteroatoms. The van der Waals surface area contributed by atoms with Crippen LogP contribution in [0.2, 0.25) is 5.02 Å². The van der Waals surface area contributed by atoms with E-state index in [1.54, 1.807) is 6.07 Å². The van der Waals surface area contributed by atoms with Gasteiger partial charge in [0.2, 0.25) is 5.91 Å². The first-order valence-corrected chi connectivity index (χ1v) is 5.75. The van der Waals surface area contributed by atoms with Crippen molar-refractivity contribution in [2.75, 3.05) is 5.32 Å². The first-order valence-electron chi connectivity index (χ1n) is 5.37. The number of aryl methyl sites for hydroxylation is 1. The van der Waals surface area contributed by atoms with E-state index in [0.717, 1.165) is 12.0 Å². The number of benzene rings is 1. The van der Waals surface area contributed by atoms with E-state index in [2.05, 4.69) is 5.32 Å². The van der Waals surface area contributed by atoms with Crippen molar-refractivity contribution in [1.82, 2.24) is 0 Å². The molecule has 3 N–H and O–H groups in total. The Kier molecular flexibility index (Phi) is 4.77. The molecule has 1 atom stereocenters. The molecule has 0 aliphatic carbocycles. The summed E-state index contributed by atoms with van der Waals surface area (Å²) in [4.78, 5) is 11.6. The first-order chi connectivity index (χ1) is 7.54. The Bertz CT molecular complexity index is 379. The van der Waals surface area contributed by atoms with Crippen molar-refractivity contribution in [1.29, 1.82) is 0 Å². The third-order valence-electron chi connectivity index (χ3n) is 2.38. The summed E-state index contributed by atoms with van der Waals surface area (Å²) in [6.07, 6.45) is 1.58. The van der Waals surface area contributed by atoms with Crippen LogP contribution in [0.5, 0.6) is 0 Å². The van der Waals surface area contributed by atoms with E-state index in [4.69, 9.17) is 17.3 Å². The molecule has 0 radical (unpaired) electrons. The van der Waals surface area contributed by atoms with E-state index in [1.165, 1.54) is 0 Å². The molecule has 0 aliphatic heterocycles. The first kappa shape index (κ1) is 13.0. The number of carbonyl (C=O) groups excluding carboxylic acids is 1. The van der Waals surface area contributed by atoms with Crippen LogP contribution in [-0.2, 0) is 4.79 Å². The Morgan fingerprint density at radius 1 is 1.56 bits per heavy atom. The number of carbonyl (C=O) groups is 1. The molecule has 0 saturated carbocycles. The monoisotopic (exact) mass is 240 g/mol. The van der Waals surface area contributed by atoms with Crippen molar-refractivity contribution < 1.29 is 4.79 Å². The minimum atomic E-state index is -0.454. The van der Waals surface area contributed by atoms with Gasteiger partial charge in [-0.3, -0.25) is 4.79 Å². The Labute approximate surface area is 101 Å². The van der Waals surface area contributed by atoms with Crippen LogP contribution in [0, 0.1) is 6.92 Å². The average molecular weight is 241 g/mol. The number of nitrogens with one attached hydrogen (secondary N) is 1. The second-order valence-electron chi connectivity index (χ2n) is 3.85. The van der Waals surface area contributed by atoms with Gasteiger partial charge in [0.25, 0.3) is 0 Å². The van der Waals surface area contributed by atoms with Gasteiger partial charge < -0.3 is 11.1 Å². The lowest BCUT2D eigenvalue weighted by Crippen LogP contribution is -2.35. The zero-order valence-corrected chi connectivity index (χ0v) is 10.3. The molecule has 1 rings (SSSR count). The predicted molar refractivity (Wildman–Crippen MR) is 67.7 cm³/mol. The maximum Gasteiger partial charge on any atom is 0.241 e. The smallest absolute Gasteiger partial charge is 0.241 e. The van der Waals surface area contributed by atoms with Gasteiger partial charge in [0.05, 0.1) is 6.04 Å². The maximum atomic E-state index is 11.6. The lowest BCUT2D eigenvalue weighted by molar-refractivity contribution is -0.117. The van der Waals surface area contributed by atoms with Crippen molar-refractivity contribution in [3.63, 3.8) is 0 Å². The Morgan fingerprint density at radius 3 is 2.81 bits per heavy atom. The molecule has 0 fully saturated rings. The van der Waals surface area contributed by atoms with Crippen LogP contribution in [0.25, 0.3) is 0 Å². The zero-order valence-electron chi connectivity index (χ0n) is 9.59. The Morgan fingerprint density at radius 2 is 2.25 bits per heavy atom. The molecule has 3 nitrogen and oxygen atoms in total. The van der Waals surface area contributed by atoms with Crippen molar-refractivity contribution >= 4 is 23.2 Å². The van der Waals surface area contributed by atoms with Gasteiger partial charge in [-0.2, -0.15) is 0 Å². The van der Waals surface area contributed by atoms with Crippen LogP contribution in [-0.4, -0.2) is 11.9 Å². The summed E-state index contributed by atoms with van der Waals surface area (Å²) in [5, 5.41) is 3.39. The Hall–Kier alpha value is -1.06. The molecule has 16 heavy (non-hydrogen) atoms. The lowest BCUT2D eigenvalue weighted by atomic mass is 10.1. The standard InChI is InChI=1S/C12H17ClN2O/c1-3-4-11(14)12(16)15-9-6-5-8(2)10(13)7-9/h5-7,11H,3-4,14H2,1-2H3,(H,15,16)/t11-/m1/s1. The highest BCUT2D eigenvalue weighted by Crippen LogP contribution is 2.20. The van der Waals surface area contributed by atoms with Gasteiger partial charge in [-0.1, -0.05) is 31.0 Å². The predicted octanol–water partition coefficient (Wildman–Crippen LogP) is 2.71. The largest absolute Gasteiger partial charge is 0.325 e. The quantitative estimate of drug-likeness (QED) is 0.850. The number of hydrogen-bond acceptors (Lipinski definition) is 2. The second-order valence-corrected chi connectivity index (χ2v) is 4.26. The van der Waals surface area contributed by atoms with Crippen LogP contribution in [0.1, 0.15) is 25.3 Å². The summed E-state index contributed by atoms with van der Waals surface area (Å²) in [5.74, 6) is -0.165. The molecule has 1 aromatic rings. The maximum absolute atomic E-state index is 11.6. The fraction of sp³-hybridized carbons (Fsp3) is 0.417. The molecule has 0 spiro atoms. The van der Waals surface area contributed by atoms with E-state index in [-0.39, 0.29) is 5.91 Å². The molecule has 88 valence electrons. The van der Waals surface area contributed by atoms with Gasteiger partial charge in [-0.25, -0.2) is 0 Å². The molecular formula is C12H17ClN2O. The van der Waals surface area contributed by atoms with Crippen LogP contribution < -0.4 is 11.1 Å². The normalized spacial score (nSPS) is 12.2. The van der Waals surface area contributed by atoms with Gasteiger partial charge >= 0.3 is 0 Å². The summed E-state index contributed by atoms with van der Waals surface area (Å²) in [7, 11) is 0. The third-order valence-corrected chi connectivity index (χ3v) is 2.78. The van der Waals surface area contributed by atoms with Crippen LogP contribution >= 0.6 is 11.6 Å². The van der Waals surface area contributed by atoms with E-state index in [0.29, 0.717) is 17.1 Å². The molecule has 0 heterocycles. The average Bonchev–Trinajstić information content (AvgIpc) is 2.24. The number of amides is 1. The molecular weight excluding hydrogens is 224 g/mol. The summed E-state index contributed by atoms with van der Waals surface area (Å²) >= 11 is 5.96. The Balaban J connectivity index is 2.66. The topological polar surface area (TPSA) is 55.1 Å². The van der Waals surface area contributed by atoms with Gasteiger partial charge in [0.15, 0.2) is 0 Å². The SMILES string of the molecule is CCC[C@@H](N)C(=O)Nc1ccc(C)c(Cl)c1. The van der Waals surface area contributed by atoms with E-state index in [1.807, 2.05) is 26.0 Å². The molecule has 0 aliphatic rings. The highest BCUT2D eigenvalue weighted by atomic mass is 35.5. The molecule has 0 saturated heterocycles. The number of nitrogens with two attached hydrogens (primary N) is 1. The van der Waals surface area contributed by atoms with Crippen LogP contribution in [0.4, 0.5) is 5.69 Å². The van der Waals surface area contributed by atoms with Gasteiger partial charge in [0, 0.05) is 10.7 Å². The second kappa shape index (κ2) is 5.87. The highest BCUT2D eigenvalue weighted by Gasteiger charge is 2.12. The highest BCUT2D eigenvalue weighted by molar-refractivity contribution is 6.31. The third kappa shape index (κ3) is 3.51. The van der Waals surface area contributed by atoms with E-state index < -0.39 is 6.04 Å². The fourth-order valence-electron chi connectivity index (χ4n) is 1.35. The fourth-order valence-corrected chi connectivity index (χ4v) is 1.53. The van der Waals surface area contributed by atoms with Crippen molar-refractivity contribution in [3.8, 4) is 0 Å². The summed E-state index contributed by atoms with van der Waals surface area (Å²) in [6.45, 7) is 3.91. The van der Waals surface area contributed by atoms with E-state index in [9.17, 15) is 4.79 Å². The number of rotatable bonds is 4. The van der Waals surface area contributed by atoms with E-state index >= 15 is 0 Å². The minimum absolute atomic E-state index is 0.165. The van der Waals surface area contributed by atoms with Crippen molar-refractivity contribution in [3.05, 3.63) is 28.8 Å². The van der Waals surface area contributed by atoms with Gasteiger partial charge in [-0.15, -0.1) is 0 Å². The summed E-state index contributed by atoms with van der Waals surface area (Å²) in [5.41, 5.74) is 7.37. The minimum Gasteiger partial charge on any atom is -0.325 e. The molecule has 0 bridgehead atoms. The number of halogens is 1. The summed E-state index contributed by atoms with van der Waals surface area (Å²) < 4.78 is 0.